The smallest absolute Gasteiger partial charge is 0.339 e. The lowest BCUT2D eigenvalue weighted by Gasteiger charge is -2.11. The van der Waals surface area contributed by atoms with Crippen molar-refractivity contribution in [1.29, 1.82) is 0 Å². The van der Waals surface area contributed by atoms with Gasteiger partial charge in [0.1, 0.15) is 5.69 Å². The van der Waals surface area contributed by atoms with Crippen LogP contribution in [0, 0.1) is 0 Å². The number of benzene rings is 2. The van der Waals surface area contributed by atoms with Crippen LogP contribution in [-0.4, -0.2) is 40.7 Å². The van der Waals surface area contributed by atoms with Gasteiger partial charge in [-0.3, -0.25) is 9.71 Å². The Hall–Kier alpha value is -4.57. The first-order chi connectivity index (χ1) is 19.7. The number of hydrogen-bond donors (Lipinski definition) is 1. The second kappa shape index (κ2) is 11.5. The summed E-state index contributed by atoms with van der Waals surface area (Å²) >= 11 is 0. The first-order valence-electron chi connectivity index (χ1n) is 13.4. The Bertz CT molecular complexity index is 1800. The van der Waals surface area contributed by atoms with Gasteiger partial charge in [-0.15, -0.1) is 0 Å². The summed E-state index contributed by atoms with van der Waals surface area (Å²) in [5.41, 5.74) is 5.14. The predicted octanol–water partition coefficient (Wildman–Crippen LogP) is 6.28. The minimum Gasteiger partial charge on any atom is -0.462 e. The van der Waals surface area contributed by atoms with Crippen LogP contribution in [0.15, 0.2) is 84.0 Å². The fourth-order valence-electron chi connectivity index (χ4n) is 4.56. The van der Waals surface area contributed by atoms with Crippen molar-refractivity contribution in [1.82, 2.24) is 19.7 Å². The van der Waals surface area contributed by atoms with Crippen LogP contribution in [0.4, 0.5) is 5.69 Å². The number of fused-ring (bicyclic) bond motifs is 1. The molecule has 0 fully saturated rings. The molecule has 5 aromatic rings. The van der Waals surface area contributed by atoms with Gasteiger partial charge >= 0.3 is 5.97 Å². The summed E-state index contributed by atoms with van der Waals surface area (Å²) in [5.74, 6) is -0.476. The van der Waals surface area contributed by atoms with E-state index in [4.69, 9.17) is 14.8 Å². The summed E-state index contributed by atoms with van der Waals surface area (Å²) in [7, 11) is -3.82. The van der Waals surface area contributed by atoms with Crippen LogP contribution in [-0.2, 0) is 21.2 Å². The van der Waals surface area contributed by atoms with E-state index in [2.05, 4.69) is 28.8 Å². The van der Waals surface area contributed by atoms with E-state index in [-0.39, 0.29) is 17.5 Å². The van der Waals surface area contributed by atoms with E-state index in [1.54, 1.807) is 48.1 Å². The Kier molecular flexibility index (Phi) is 7.85. The normalized spacial score (nSPS) is 11.6. The molecule has 0 spiro atoms. The largest absolute Gasteiger partial charge is 0.462 e. The molecule has 210 valence electrons. The highest BCUT2D eigenvalue weighted by atomic mass is 32.2. The molecule has 0 aliphatic rings. The van der Waals surface area contributed by atoms with Crippen LogP contribution >= 0.6 is 0 Å². The number of pyridine rings is 2. The summed E-state index contributed by atoms with van der Waals surface area (Å²) in [5, 5.41) is 5.51. The van der Waals surface area contributed by atoms with Gasteiger partial charge in [-0.2, -0.15) is 5.10 Å². The van der Waals surface area contributed by atoms with Crippen molar-refractivity contribution in [2.75, 3.05) is 11.3 Å². The van der Waals surface area contributed by atoms with Gasteiger partial charge < -0.3 is 4.74 Å². The molecular weight excluding hydrogens is 538 g/mol. The van der Waals surface area contributed by atoms with Gasteiger partial charge in [0.25, 0.3) is 10.0 Å². The van der Waals surface area contributed by atoms with E-state index < -0.39 is 16.0 Å². The van der Waals surface area contributed by atoms with Gasteiger partial charge in [-0.05, 0) is 63.1 Å². The zero-order valence-electron chi connectivity index (χ0n) is 23.3. The highest BCUT2D eigenvalue weighted by Gasteiger charge is 2.25. The highest BCUT2D eigenvalue weighted by Crippen LogP contribution is 2.35. The number of sulfonamides is 1. The summed E-state index contributed by atoms with van der Waals surface area (Å²) in [4.78, 5) is 22.2. The van der Waals surface area contributed by atoms with Crippen molar-refractivity contribution < 1.29 is 17.9 Å². The molecule has 0 bridgehead atoms. The lowest BCUT2D eigenvalue weighted by molar-refractivity contribution is 0.0528. The number of aromatic nitrogens is 4. The molecule has 3 aromatic heterocycles. The molecular formula is C31H31N5O4S. The quantitative estimate of drug-likeness (QED) is 0.208. The second-order valence-corrected chi connectivity index (χ2v) is 11.5. The molecule has 0 saturated heterocycles. The third kappa shape index (κ3) is 5.69. The monoisotopic (exact) mass is 569 g/mol. The van der Waals surface area contributed by atoms with Crippen molar-refractivity contribution in [3.63, 3.8) is 0 Å². The number of rotatable bonds is 9. The summed E-state index contributed by atoms with van der Waals surface area (Å²) in [6.07, 6.45) is 3.92. The maximum Gasteiger partial charge on any atom is 0.339 e. The van der Waals surface area contributed by atoms with Crippen LogP contribution in [0.1, 0.15) is 49.7 Å². The maximum absolute atomic E-state index is 13.3. The fourth-order valence-corrected chi connectivity index (χ4v) is 5.60. The standard InChI is InChI=1S/C31H31N5O4S/c1-5-21-9-11-23(12-10-21)29-28-26(31(37)40-6-2)18-27(33-30(28)36(34-29)20(3)4)22-13-15-25(16-14-22)41(38,39)35-24-8-7-17-32-19-24/h7-20,35H,5-6H2,1-4H3. The van der Waals surface area contributed by atoms with Crippen molar-refractivity contribution in [3.8, 4) is 22.5 Å². The van der Waals surface area contributed by atoms with Gasteiger partial charge in [0.05, 0.1) is 40.0 Å². The summed E-state index contributed by atoms with van der Waals surface area (Å²) < 4.78 is 35.6. The zero-order valence-corrected chi connectivity index (χ0v) is 24.1. The molecule has 2 aromatic carbocycles. The number of hydrogen-bond acceptors (Lipinski definition) is 7. The lowest BCUT2D eigenvalue weighted by Crippen LogP contribution is -2.13. The second-order valence-electron chi connectivity index (χ2n) is 9.78. The average Bonchev–Trinajstić information content (AvgIpc) is 3.37. The first kappa shape index (κ1) is 28.0. The molecule has 9 nitrogen and oxygen atoms in total. The number of nitrogens with one attached hydrogen (secondary N) is 1. The maximum atomic E-state index is 13.3. The van der Waals surface area contributed by atoms with Crippen molar-refractivity contribution in [3.05, 3.63) is 90.3 Å². The molecule has 0 radical (unpaired) electrons. The summed E-state index contributed by atoms with van der Waals surface area (Å²) in [6.45, 7) is 8.08. The molecule has 3 heterocycles. The van der Waals surface area contributed by atoms with Crippen molar-refractivity contribution >= 4 is 32.7 Å². The van der Waals surface area contributed by atoms with E-state index in [1.165, 1.54) is 23.9 Å². The highest BCUT2D eigenvalue weighted by molar-refractivity contribution is 7.92. The molecule has 1 N–H and O–H groups in total. The average molecular weight is 570 g/mol. The van der Waals surface area contributed by atoms with E-state index in [9.17, 15) is 13.2 Å². The van der Waals surface area contributed by atoms with Crippen LogP contribution < -0.4 is 4.72 Å². The molecule has 0 saturated carbocycles. The molecule has 0 amide bonds. The SMILES string of the molecule is CCOC(=O)c1cc(-c2ccc(S(=O)(=O)Nc3cccnc3)cc2)nc2c1c(-c1ccc(CC)cc1)nn2C(C)C. The number of aryl methyl sites for hydroxylation is 1. The van der Waals surface area contributed by atoms with Gasteiger partial charge in [0.2, 0.25) is 0 Å². The van der Waals surface area contributed by atoms with Gasteiger partial charge in [0.15, 0.2) is 5.65 Å². The van der Waals surface area contributed by atoms with E-state index in [0.29, 0.717) is 39.2 Å². The van der Waals surface area contributed by atoms with Crippen LogP contribution in [0.2, 0.25) is 0 Å². The number of anilines is 1. The Labute approximate surface area is 239 Å². The van der Waals surface area contributed by atoms with Crippen LogP contribution in [0.3, 0.4) is 0 Å². The first-order valence-corrected chi connectivity index (χ1v) is 14.9. The number of esters is 1. The number of carbonyl (C=O) groups is 1. The van der Waals surface area contributed by atoms with Gasteiger partial charge in [0, 0.05) is 23.4 Å². The fraction of sp³-hybridized carbons (Fsp3) is 0.226. The zero-order chi connectivity index (χ0) is 29.1. The van der Waals surface area contributed by atoms with Gasteiger partial charge in [-0.1, -0.05) is 43.3 Å². The Morgan fingerprint density at radius 1 is 1.00 bits per heavy atom. The minimum absolute atomic E-state index is 0.0370. The van der Waals surface area contributed by atoms with Gasteiger partial charge in [-0.25, -0.2) is 22.9 Å². The van der Waals surface area contributed by atoms with E-state index in [0.717, 1.165) is 12.0 Å². The van der Waals surface area contributed by atoms with Crippen molar-refractivity contribution in [2.45, 2.75) is 45.1 Å². The van der Waals surface area contributed by atoms with Crippen LogP contribution in [0.5, 0.6) is 0 Å². The molecule has 0 atom stereocenters. The third-order valence-electron chi connectivity index (χ3n) is 6.66. The van der Waals surface area contributed by atoms with Crippen LogP contribution in [0.25, 0.3) is 33.5 Å². The Morgan fingerprint density at radius 2 is 1.71 bits per heavy atom. The molecule has 10 heteroatoms. The number of nitrogens with zero attached hydrogens (tertiary/aromatic N) is 4. The van der Waals surface area contributed by atoms with Crippen molar-refractivity contribution in [2.24, 2.45) is 0 Å². The molecule has 0 unspecified atom stereocenters. The molecule has 5 rings (SSSR count). The van der Waals surface area contributed by atoms with E-state index in [1.807, 2.05) is 26.0 Å². The summed E-state index contributed by atoms with van der Waals surface area (Å²) in [6, 6.07) is 19.4. The molecule has 0 aliphatic carbocycles. The number of ether oxygens (including phenoxy) is 1. The topological polar surface area (TPSA) is 116 Å². The minimum atomic E-state index is -3.82. The van der Waals surface area contributed by atoms with E-state index >= 15 is 0 Å². The lowest BCUT2D eigenvalue weighted by atomic mass is 10.0. The molecule has 0 aliphatic heterocycles. The third-order valence-corrected chi connectivity index (χ3v) is 8.05. The predicted molar refractivity (Wildman–Crippen MR) is 159 cm³/mol. The number of carbonyl (C=O) groups excluding carboxylic acids is 1. The molecule has 41 heavy (non-hydrogen) atoms. The Morgan fingerprint density at radius 3 is 2.32 bits per heavy atom. The Balaban J connectivity index is 1.63.